The minimum absolute atomic E-state index is 0.0798. The summed E-state index contributed by atoms with van der Waals surface area (Å²) in [6.07, 6.45) is 1.47. The first-order valence-corrected chi connectivity index (χ1v) is 8.42. The molecule has 2 aromatic rings. The average molecular weight is 371 g/mol. The molecule has 0 atom stereocenters. The Kier molecular flexibility index (Phi) is 4.48. The van der Waals surface area contributed by atoms with Crippen molar-refractivity contribution >= 4 is 30.2 Å². The van der Waals surface area contributed by atoms with Crippen LogP contribution in [0.25, 0.3) is 5.69 Å². The summed E-state index contributed by atoms with van der Waals surface area (Å²) in [7, 11) is -0.477. The number of aromatic nitrogens is 2. The number of primary amides is 2. The van der Waals surface area contributed by atoms with Crippen molar-refractivity contribution in [3.63, 3.8) is 0 Å². The molecular formula is C17H22BN5O4. The van der Waals surface area contributed by atoms with E-state index in [0.717, 1.165) is 5.46 Å². The van der Waals surface area contributed by atoms with Gasteiger partial charge < -0.3 is 26.1 Å². The van der Waals surface area contributed by atoms with Crippen LogP contribution in [0.4, 0.5) is 10.5 Å². The van der Waals surface area contributed by atoms with Gasteiger partial charge in [0.15, 0.2) is 5.69 Å². The first-order chi connectivity index (χ1) is 12.5. The van der Waals surface area contributed by atoms with Gasteiger partial charge in [0.05, 0.1) is 28.8 Å². The van der Waals surface area contributed by atoms with Crippen LogP contribution in [0.1, 0.15) is 38.2 Å². The van der Waals surface area contributed by atoms with E-state index in [1.165, 1.54) is 10.9 Å². The van der Waals surface area contributed by atoms with E-state index in [2.05, 4.69) is 10.4 Å². The molecule has 5 N–H and O–H groups in total. The van der Waals surface area contributed by atoms with Gasteiger partial charge in [0.1, 0.15) is 0 Å². The highest BCUT2D eigenvalue weighted by Crippen LogP contribution is 2.36. The zero-order valence-corrected chi connectivity index (χ0v) is 15.6. The van der Waals surface area contributed by atoms with E-state index in [-0.39, 0.29) is 11.4 Å². The van der Waals surface area contributed by atoms with Gasteiger partial charge in [-0.1, -0.05) is 12.1 Å². The Morgan fingerprint density at radius 1 is 1.07 bits per heavy atom. The van der Waals surface area contributed by atoms with Crippen LogP contribution in [0.15, 0.2) is 30.5 Å². The van der Waals surface area contributed by atoms with Crippen molar-refractivity contribution in [2.45, 2.75) is 38.9 Å². The number of amides is 3. The van der Waals surface area contributed by atoms with Crippen molar-refractivity contribution in [2.24, 2.45) is 11.5 Å². The minimum Gasteiger partial charge on any atom is -0.399 e. The molecule has 142 valence electrons. The van der Waals surface area contributed by atoms with Crippen molar-refractivity contribution in [3.8, 4) is 5.69 Å². The zero-order chi connectivity index (χ0) is 20.0. The monoisotopic (exact) mass is 371 g/mol. The molecule has 0 aliphatic carbocycles. The molecule has 0 spiro atoms. The Labute approximate surface area is 157 Å². The molecule has 0 saturated carbocycles. The largest absolute Gasteiger partial charge is 0.494 e. The fourth-order valence-corrected chi connectivity index (χ4v) is 2.68. The van der Waals surface area contributed by atoms with Crippen molar-refractivity contribution in [2.75, 3.05) is 5.32 Å². The number of nitrogens with two attached hydrogens (primary N) is 2. The van der Waals surface area contributed by atoms with Crippen molar-refractivity contribution in [3.05, 3.63) is 36.2 Å². The number of carbonyl (C=O) groups excluding carboxylic acids is 2. The van der Waals surface area contributed by atoms with Gasteiger partial charge in [0.2, 0.25) is 0 Å². The third kappa shape index (κ3) is 3.53. The molecule has 9 nitrogen and oxygen atoms in total. The number of benzene rings is 1. The number of carbonyl (C=O) groups is 2. The molecule has 2 heterocycles. The molecule has 1 aliphatic heterocycles. The molecule has 27 heavy (non-hydrogen) atoms. The number of nitrogens with one attached hydrogen (secondary N) is 1. The Balaban J connectivity index is 1.86. The van der Waals surface area contributed by atoms with Crippen LogP contribution < -0.4 is 22.2 Å². The maximum absolute atomic E-state index is 11.5. The standard InChI is InChI=1S/C17H22BN5O4/c1-16(2)17(3,4)27-18(26-16)10-5-7-11(8-6-10)23-9-12(21-15(20)25)13(22-23)14(19)24/h5-9H,1-4H3,(H2,19,24)(H3,20,21,25). The second kappa shape index (κ2) is 6.40. The number of nitrogens with zero attached hydrogens (tertiary/aromatic N) is 2. The molecule has 1 fully saturated rings. The molecule has 0 radical (unpaired) electrons. The van der Waals surface area contributed by atoms with Gasteiger partial charge in [-0.05, 0) is 45.3 Å². The highest BCUT2D eigenvalue weighted by atomic mass is 16.7. The first kappa shape index (κ1) is 18.9. The quantitative estimate of drug-likeness (QED) is 0.682. The molecule has 10 heteroatoms. The maximum Gasteiger partial charge on any atom is 0.494 e. The summed E-state index contributed by atoms with van der Waals surface area (Å²) in [5.41, 5.74) is 11.1. The first-order valence-electron chi connectivity index (χ1n) is 8.42. The molecule has 3 amide bonds. The van der Waals surface area contributed by atoms with Crippen molar-refractivity contribution < 1.29 is 18.9 Å². The lowest BCUT2D eigenvalue weighted by molar-refractivity contribution is 0.00578. The minimum atomic E-state index is -0.812. The predicted octanol–water partition coefficient (Wildman–Crippen LogP) is 0.761. The number of hydrogen-bond donors (Lipinski definition) is 3. The van der Waals surface area contributed by atoms with Crippen LogP contribution in [-0.4, -0.2) is 40.0 Å². The summed E-state index contributed by atoms with van der Waals surface area (Å²) in [5.74, 6) is -0.772. The lowest BCUT2D eigenvalue weighted by Gasteiger charge is -2.32. The fraction of sp³-hybridized carbons (Fsp3) is 0.353. The number of rotatable bonds is 4. The van der Waals surface area contributed by atoms with Crippen LogP contribution in [0.3, 0.4) is 0 Å². The van der Waals surface area contributed by atoms with Crippen LogP contribution in [-0.2, 0) is 9.31 Å². The van der Waals surface area contributed by atoms with Crippen molar-refractivity contribution in [1.29, 1.82) is 0 Å². The Hall–Kier alpha value is -2.85. The fourth-order valence-electron chi connectivity index (χ4n) is 2.68. The average Bonchev–Trinajstić information content (AvgIpc) is 3.05. The maximum atomic E-state index is 11.5. The second-order valence-corrected chi connectivity index (χ2v) is 7.37. The van der Waals surface area contributed by atoms with Gasteiger partial charge in [0, 0.05) is 0 Å². The van der Waals surface area contributed by atoms with E-state index in [1.807, 2.05) is 39.8 Å². The number of hydrogen-bond acceptors (Lipinski definition) is 5. The lowest BCUT2D eigenvalue weighted by atomic mass is 9.79. The number of urea groups is 1. The molecule has 1 aromatic heterocycles. The summed E-state index contributed by atoms with van der Waals surface area (Å²) >= 11 is 0. The highest BCUT2D eigenvalue weighted by Gasteiger charge is 2.51. The summed E-state index contributed by atoms with van der Waals surface area (Å²) in [5, 5.41) is 6.45. The summed E-state index contributed by atoms with van der Waals surface area (Å²) in [4.78, 5) is 22.6. The van der Waals surface area contributed by atoms with Gasteiger partial charge in [-0.15, -0.1) is 0 Å². The summed E-state index contributed by atoms with van der Waals surface area (Å²) in [6, 6.07) is 6.49. The summed E-state index contributed by atoms with van der Waals surface area (Å²) < 4.78 is 13.5. The summed E-state index contributed by atoms with van der Waals surface area (Å²) in [6.45, 7) is 7.96. The molecule has 1 aliphatic rings. The van der Waals surface area contributed by atoms with Crippen LogP contribution in [0, 0.1) is 0 Å². The molecular weight excluding hydrogens is 349 g/mol. The van der Waals surface area contributed by atoms with E-state index in [4.69, 9.17) is 20.8 Å². The molecule has 0 bridgehead atoms. The third-order valence-electron chi connectivity index (χ3n) is 4.89. The van der Waals surface area contributed by atoms with Crippen LogP contribution in [0.2, 0.25) is 0 Å². The molecule has 0 unspecified atom stereocenters. The third-order valence-corrected chi connectivity index (χ3v) is 4.89. The molecule has 1 aromatic carbocycles. The van der Waals surface area contributed by atoms with Gasteiger partial charge >= 0.3 is 13.1 Å². The second-order valence-electron chi connectivity index (χ2n) is 7.37. The van der Waals surface area contributed by atoms with Crippen LogP contribution >= 0.6 is 0 Å². The highest BCUT2D eigenvalue weighted by molar-refractivity contribution is 6.62. The van der Waals surface area contributed by atoms with E-state index < -0.39 is 30.3 Å². The van der Waals surface area contributed by atoms with E-state index in [9.17, 15) is 9.59 Å². The smallest absolute Gasteiger partial charge is 0.399 e. The number of anilines is 1. The lowest BCUT2D eigenvalue weighted by Crippen LogP contribution is -2.41. The Morgan fingerprint density at radius 3 is 2.11 bits per heavy atom. The van der Waals surface area contributed by atoms with E-state index >= 15 is 0 Å². The molecule has 1 saturated heterocycles. The van der Waals surface area contributed by atoms with E-state index in [1.54, 1.807) is 12.1 Å². The van der Waals surface area contributed by atoms with E-state index in [0.29, 0.717) is 5.69 Å². The van der Waals surface area contributed by atoms with Crippen LogP contribution in [0.5, 0.6) is 0 Å². The van der Waals surface area contributed by atoms with Gasteiger partial charge in [-0.3, -0.25) is 4.79 Å². The normalized spacial score (nSPS) is 17.7. The molecule has 3 rings (SSSR count). The predicted molar refractivity (Wildman–Crippen MR) is 101 cm³/mol. The Morgan fingerprint density at radius 2 is 1.63 bits per heavy atom. The topological polar surface area (TPSA) is 134 Å². The van der Waals surface area contributed by atoms with Gasteiger partial charge in [-0.2, -0.15) is 5.10 Å². The van der Waals surface area contributed by atoms with Gasteiger partial charge in [-0.25, -0.2) is 9.48 Å². The van der Waals surface area contributed by atoms with Crippen molar-refractivity contribution in [1.82, 2.24) is 9.78 Å². The Bertz CT molecular complexity index is 875. The SMILES string of the molecule is CC1(C)OB(c2ccc(-n3cc(NC(N)=O)c(C(N)=O)n3)cc2)OC1(C)C. The van der Waals surface area contributed by atoms with Gasteiger partial charge in [0.25, 0.3) is 5.91 Å². The zero-order valence-electron chi connectivity index (χ0n) is 15.6.